The van der Waals surface area contributed by atoms with Crippen LogP contribution in [-0.2, 0) is 0 Å². The summed E-state index contributed by atoms with van der Waals surface area (Å²) < 4.78 is 27.7. The van der Waals surface area contributed by atoms with Gasteiger partial charge in [-0.05, 0) is 31.2 Å². The lowest BCUT2D eigenvalue weighted by Gasteiger charge is -2.13. The molecule has 1 atom stereocenters. The van der Waals surface area contributed by atoms with Crippen LogP contribution in [0.2, 0.25) is 0 Å². The number of aromatic nitrogens is 2. The number of hydrogen-bond donors (Lipinski definition) is 3. The van der Waals surface area contributed by atoms with Crippen molar-refractivity contribution >= 4 is 16.7 Å². The number of halogens is 2. The smallest absolute Gasteiger partial charge is 0.173 e. The summed E-state index contributed by atoms with van der Waals surface area (Å²) in [6.45, 7) is 2.27. The van der Waals surface area contributed by atoms with E-state index in [-0.39, 0.29) is 17.4 Å². The van der Waals surface area contributed by atoms with E-state index in [1.807, 2.05) is 19.1 Å². The third kappa shape index (κ3) is 2.98. The second kappa shape index (κ2) is 6.37. The van der Waals surface area contributed by atoms with Gasteiger partial charge in [0.2, 0.25) is 0 Å². The normalized spacial score (nSPS) is 12.3. The van der Waals surface area contributed by atoms with Crippen molar-refractivity contribution in [2.45, 2.75) is 13.0 Å². The fourth-order valence-electron chi connectivity index (χ4n) is 2.33. The topological polar surface area (TPSA) is 84.1 Å². The minimum Gasteiger partial charge on any atom is -0.507 e. The highest BCUT2D eigenvalue weighted by Crippen LogP contribution is 2.33. The molecule has 0 aliphatic carbocycles. The Bertz CT molecular complexity index is 899. The second-order valence-electron chi connectivity index (χ2n) is 5.53. The number of phenolic OH excluding ortho intramolecular Hbond substituents is 1. The molecule has 0 aliphatic heterocycles. The maximum Gasteiger partial charge on any atom is 0.173 e. The van der Waals surface area contributed by atoms with Gasteiger partial charge in [-0.15, -0.1) is 0 Å². The van der Waals surface area contributed by atoms with Gasteiger partial charge in [-0.1, -0.05) is 12.1 Å². The highest BCUT2D eigenvalue weighted by Gasteiger charge is 2.19. The molecule has 7 heteroatoms. The number of para-hydroxylation sites is 1. The number of benzene rings is 2. The summed E-state index contributed by atoms with van der Waals surface area (Å²) in [5, 5.41) is 13.7. The first-order valence-corrected chi connectivity index (χ1v) is 7.41. The second-order valence-corrected chi connectivity index (χ2v) is 5.53. The minimum atomic E-state index is -1.19. The zero-order valence-corrected chi connectivity index (χ0v) is 12.9. The summed E-state index contributed by atoms with van der Waals surface area (Å²) in [6, 6.07) is 8.93. The molecular weight excluding hydrogens is 314 g/mol. The molecule has 0 saturated heterocycles. The first-order valence-electron chi connectivity index (χ1n) is 7.41. The maximum atomic E-state index is 14.1. The first-order chi connectivity index (χ1) is 11.5. The highest BCUT2D eigenvalue weighted by molar-refractivity contribution is 5.90. The molecular formula is C17H16F2N4O. The van der Waals surface area contributed by atoms with Crippen molar-refractivity contribution < 1.29 is 13.9 Å². The number of aromatic hydroxyl groups is 1. The summed E-state index contributed by atoms with van der Waals surface area (Å²) in [6.07, 6.45) is 0. The maximum absolute atomic E-state index is 14.1. The van der Waals surface area contributed by atoms with Crippen molar-refractivity contribution in [1.29, 1.82) is 0 Å². The average molecular weight is 330 g/mol. The Morgan fingerprint density at radius 1 is 1.17 bits per heavy atom. The molecule has 24 heavy (non-hydrogen) atoms. The SMILES string of the molecule is CC(N)CNc1nc(-c2c(O)ccc(F)c2F)nc2ccccc12. The van der Waals surface area contributed by atoms with Crippen LogP contribution in [0.25, 0.3) is 22.3 Å². The summed E-state index contributed by atoms with van der Waals surface area (Å²) in [4.78, 5) is 8.51. The van der Waals surface area contributed by atoms with Crippen molar-refractivity contribution in [1.82, 2.24) is 9.97 Å². The van der Waals surface area contributed by atoms with E-state index in [0.717, 1.165) is 17.5 Å². The molecule has 0 aliphatic rings. The van der Waals surface area contributed by atoms with Crippen LogP contribution < -0.4 is 11.1 Å². The van der Waals surface area contributed by atoms with Gasteiger partial charge in [-0.2, -0.15) is 0 Å². The lowest BCUT2D eigenvalue weighted by molar-refractivity contribution is 0.458. The van der Waals surface area contributed by atoms with E-state index in [4.69, 9.17) is 5.73 Å². The van der Waals surface area contributed by atoms with Gasteiger partial charge in [-0.25, -0.2) is 18.7 Å². The van der Waals surface area contributed by atoms with E-state index in [9.17, 15) is 13.9 Å². The van der Waals surface area contributed by atoms with Crippen molar-refractivity contribution in [3.8, 4) is 17.1 Å². The van der Waals surface area contributed by atoms with Crippen LogP contribution >= 0.6 is 0 Å². The Kier molecular flexibility index (Phi) is 4.26. The lowest BCUT2D eigenvalue weighted by atomic mass is 10.1. The Balaban J connectivity index is 2.21. The molecule has 3 rings (SSSR count). The van der Waals surface area contributed by atoms with Gasteiger partial charge < -0.3 is 16.2 Å². The van der Waals surface area contributed by atoms with Gasteiger partial charge in [0.05, 0.1) is 11.1 Å². The minimum absolute atomic E-state index is 0.102. The zero-order chi connectivity index (χ0) is 17.3. The molecule has 0 saturated carbocycles. The van der Waals surface area contributed by atoms with Crippen LogP contribution in [0, 0.1) is 11.6 Å². The Labute approximate surface area is 137 Å². The van der Waals surface area contributed by atoms with E-state index in [0.29, 0.717) is 17.9 Å². The van der Waals surface area contributed by atoms with Gasteiger partial charge in [-0.3, -0.25) is 0 Å². The van der Waals surface area contributed by atoms with E-state index >= 15 is 0 Å². The summed E-state index contributed by atoms with van der Waals surface area (Å²) in [5.41, 5.74) is 5.91. The molecule has 3 aromatic rings. The monoisotopic (exact) mass is 330 g/mol. The quantitative estimate of drug-likeness (QED) is 0.685. The molecule has 0 spiro atoms. The molecule has 0 radical (unpaired) electrons. The molecule has 1 heterocycles. The van der Waals surface area contributed by atoms with Crippen LogP contribution in [0.3, 0.4) is 0 Å². The Hall–Kier alpha value is -2.80. The van der Waals surface area contributed by atoms with E-state index < -0.39 is 17.4 Å². The van der Waals surface area contributed by atoms with E-state index in [1.165, 1.54) is 0 Å². The third-order valence-corrected chi connectivity index (χ3v) is 3.49. The van der Waals surface area contributed by atoms with Crippen molar-refractivity contribution in [3.05, 3.63) is 48.0 Å². The number of rotatable bonds is 4. The predicted molar refractivity (Wildman–Crippen MR) is 88.7 cm³/mol. The third-order valence-electron chi connectivity index (χ3n) is 3.49. The van der Waals surface area contributed by atoms with Crippen molar-refractivity contribution in [3.63, 3.8) is 0 Å². The van der Waals surface area contributed by atoms with E-state index in [1.54, 1.807) is 12.1 Å². The molecule has 1 aromatic heterocycles. The van der Waals surface area contributed by atoms with Crippen LogP contribution in [0.1, 0.15) is 6.92 Å². The largest absolute Gasteiger partial charge is 0.507 e. The number of phenols is 1. The van der Waals surface area contributed by atoms with Crippen LogP contribution in [0.15, 0.2) is 36.4 Å². The summed E-state index contributed by atoms with van der Waals surface area (Å²) in [7, 11) is 0. The van der Waals surface area contributed by atoms with Crippen LogP contribution in [0.4, 0.5) is 14.6 Å². The standard InChI is InChI=1S/C17H16F2N4O/c1-9(20)8-21-16-10-4-2-3-5-12(10)22-17(23-16)14-13(24)7-6-11(18)15(14)19/h2-7,9,24H,8,20H2,1H3,(H,21,22,23). The highest BCUT2D eigenvalue weighted by atomic mass is 19.2. The van der Waals surface area contributed by atoms with E-state index in [2.05, 4.69) is 15.3 Å². The molecule has 4 N–H and O–H groups in total. The van der Waals surface area contributed by atoms with Gasteiger partial charge >= 0.3 is 0 Å². The van der Waals surface area contributed by atoms with Crippen LogP contribution in [-0.4, -0.2) is 27.7 Å². The summed E-state index contributed by atoms with van der Waals surface area (Å²) >= 11 is 0. The molecule has 124 valence electrons. The number of anilines is 1. The first kappa shape index (κ1) is 16.1. The molecule has 0 amide bonds. The summed E-state index contributed by atoms with van der Waals surface area (Å²) in [5.74, 6) is -2.36. The Morgan fingerprint density at radius 3 is 2.67 bits per heavy atom. The van der Waals surface area contributed by atoms with Gasteiger partial charge in [0, 0.05) is 18.0 Å². The molecule has 1 unspecified atom stereocenters. The number of fused-ring (bicyclic) bond motifs is 1. The van der Waals surface area contributed by atoms with Crippen molar-refractivity contribution in [2.24, 2.45) is 5.73 Å². The number of nitrogens with zero attached hydrogens (tertiary/aromatic N) is 2. The molecule has 0 bridgehead atoms. The average Bonchev–Trinajstić information content (AvgIpc) is 2.56. The molecule has 0 fully saturated rings. The molecule has 2 aromatic carbocycles. The predicted octanol–water partition coefficient (Wildman–Crippen LogP) is 3.04. The van der Waals surface area contributed by atoms with Gasteiger partial charge in [0.25, 0.3) is 0 Å². The Morgan fingerprint density at radius 2 is 1.92 bits per heavy atom. The number of nitrogens with one attached hydrogen (secondary N) is 1. The number of nitrogens with two attached hydrogens (primary N) is 1. The van der Waals surface area contributed by atoms with Gasteiger partial charge in [0.15, 0.2) is 17.5 Å². The lowest BCUT2D eigenvalue weighted by Crippen LogP contribution is -2.25. The fraction of sp³-hybridized carbons (Fsp3) is 0.176. The zero-order valence-electron chi connectivity index (χ0n) is 12.9. The van der Waals surface area contributed by atoms with Crippen LogP contribution in [0.5, 0.6) is 5.75 Å². The fourth-order valence-corrected chi connectivity index (χ4v) is 2.33. The molecule has 5 nitrogen and oxygen atoms in total. The number of hydrogen-bond acceptors (Lipinski definition) is 5. The van der Waals surface area contributed by atoms with Gasteiger partial charge in [0.1, 0.15) is 11.6 Å². The van der Waals surface area contributed by atoms with Crippen molar-refractivity contribution in [2.75, 3.05) is 11.9 Å².